The number of rotatable bonds is 6. The van der Waals surface area contributed by atoms with Gasteiger partial charge >= 0.3 is 5.97 Å². The first-order chi connectivity index (χ1) is 13.8. The number of ether oxygens (including phenoxy) is 1. The van der Waals surface area contributed by atoms with Crippen LogP contribution in [0.5, 0.6) is 0 Å². The maximum absolute atomic E-state index is 12.6. The summed E-state index contributed by atoms with van der Waals surface area (Å²) in [7, 11) is 1.59. The van der Waals surface area contributed by atoms with Gasteiger partial charge in [-0.25, -0.2) is 19.8 Å². The fourth-order valence-electron chi connectivity index (χ4n) is 3.52. The zero-order chi connectivity index (χ0) is 21.1. The number of aromatic carboxylic acids is 1. The number of aromatic nitrogens is 2. The number of carboxylic acids is 1. The normalized spacial score (nSPS) is 21.9. The molecule has 0 saturated carbocycles. The summed E-state index contributed by atoms with van der Waals surface area (Å²) >= 11 is 6.08. The van der Waals surface area contributed by atoms with Crippen LogP contribution in [0, 0.1) is 6.92 Å². The lowest BCUT2D eigenvalue weighted by atomic mass is 10.0. The van der Waals surface area contributed by atoms with E-state index in [0.29, 0.717) is 48.4 Å². The molecule has 1 aromatic rings. The number of carbonyl (C=O) groups is 2. The smallest absolute Gasteiger partial charge is 0.354 e. The zero-order valence-electron chi connectivity index (χ0n) is 16.6. The summed E-state index contributed by atoms with van der Waals surface area (Å²) in [6.07, 6.45) is 1.56. The number of nitrogens with zero attached hydrogens (tertiary/aromatic N) is 4. The lowest BCUT2D eigenvalue weighted by Crippen LogP contribution is -2.56. The second kappa shape index (κ2) is 8.87. The van der Waals surface area contributed by atoms with Crippen LogP contribution in [0.1, 0.15) is 42.5 Å². The van der Waals surface area contributed by atoms with E-state index in [2.05, 4.69) is 20.3 Å². The number of aryl methyl sites for hydroxylation is 1. The molecule has 29 heavy (non-hydrogen) atoms. The van der Waals surface area contributed by atoms with Gasteiger partial charge in [-0.3, -0.25) is 4.79 Å². The van der Waals surface area contributed by atoms with Gasteiger partial charge in [-0.1, -0.05) is 18.5 Å². The van der Waals surface area contributed by atoms with Crippen molar-refractivity contribution in [1.29, 1.82) is 0 Å². The largest absolute Gasteiger partial charge is 0.477 e. The van der Waals surface area contributed by atoms with Gasteiger partial charge in [0.2, 0.25) is 0 Å². The predicted molar refractivity (Wildman–Crippen MR) is 109 cm³/mol. The van der Waals surface area contributed by atoms with Crippen LogP contribution in [-0.4, -0.2) is 65.0 Å². The molecule has 1 fully saturated rings. The summed E-state index contributed by atoms with van der Waals surface area (Å²) in [4.78, 5) is 38.3. The summed E-state index contributed by atoms with van der Waals surface area (Å²) in [5, 5.41) is 12.6. The minimum absolute atomic E-state index is 0.0488. The van der Waals surface area contributed by atoms with E-state index in [-0.39, 0.29) is 23.7 Å². The molecule has 0 aromatic carbocycles. The maximum atomic E-state index is 12.6. The average molecular weight is 422 g/mol. The van der Waals surface area contributed by atoms with Gasteiger partial charge in [-0.15, -0.1) is 0 Å². The first kappa shape index (κ1) is 21.2. The van der Waals surface area contributed by atoms with Gasteiger partial charge in [-0.05, 0) is 25.3 Å². The number of piperidine rings is 1. The minimum atomic E-state index is -1.10. The molecule has 9 nitrogen and oxygen atoms in total. The fraction of sp³-hybridized carbons (Fsp3) is 0.526. The third-order valence-electron chi connectivity index (χ3n) is 5.14. The maximum Gasteiger partial charge on any atom is 0.354 e. The molecule has 0 unspecified atom stereocenters. The highest BCUT2D eigenvalue weighted by molar-refractivity contribution is 6.43. The molecule has 2 aliphatic heterocycles. The number of amides is 1. The van der Waals surface area contributed by atoms with Crippen LogP contribution in [0.25, 0.3) is 0 Å². The number of nitrogens with one attached hydrogen (secondary N) is 1. The third-order valence-corrected chi connectivity index (χ3v) is 5.49. The molecule has 0 aliphatic carbocycles. The second-order valence-corrected chi connectivity index (χ2v) is 7.39. The molecule has 1 saturated heterocycles. The Morgan fingerprint density at radius 3 is 2.79 bits per heavy atom. The molecule has 0 bridgehead atoms. The Hall–Kier alpha value is -2.52. The lowest BCUT2D eigenvalue weighted by molar-refractivity contribution is -0.116. The fourth-order valence-corrected chi connectivity index (χ4v) is 3.82. The molecular formula is C19H24ClN5O4. The molecule has 0 radical (unpaired) electrons. The molecule has 2 N–H and O–H groups in total. The van der Waals surface area contributed by atoms with Crippen LogP contribution in [0.15, 0.2) is 21.8 Å². The van der Waals surface area contributed by atoms with E-state index in [1.807, 2.05) is 11.8 Å². The van der Waals surface area contributed by atoms with E-state index in [9.17, 15) is 14.7 Å². The Bertz CT molecular complexity index is 885. The van der Waals surface area contributed by atoms with E-state index < -0.39 is 5.97 Å². The Kier molecular flexibility index (Phi) is 6.49. The Morgan fingerprint density at radius 1 is 1.41 bits per heavy atom. The summed E-state index contributed by atoms with van der Waals surface area (Å²) in [6, 6.07) is 1.26. The van der Waals surface area contributed by atoms with Gasteiger partial charge < -0.3 is 20.1 Å². The topological polar surface area (TPSA) is 117 Å². The first-order valence-corrected chi connectivity index (χ1v) is 9.82. The number of carbonyl (C=O) groups excluding carboxylic acids is 1. The lowest BCUT2D eigenvalue weighted by Gasteiger charge is -2.38. The Balaban J connectivity index is 1.67. The van der Waals surface area contributed by atoms with E-state index in [1.165, 1.54) is 6.07 Å². The Morgan fingerprint density at radius 2 is 2.17 bits per heavy atom. The van der Waals surface area contributed by atoms with Crippen molar-refractivity contribution in [3.63, 3.8) is 0 Å². The van der Waals surface area contributed by atoms with Crippen molar-refractivity contribution >= 4 is 35.0 Å². The van der Waals surface area contributed by atoms with E-state index >= 15 is 0 Å². The van der Waals surface area contributed by atoms with Crippen LogP contribution in [0.2, 0.25) is 0 Å². The molecule has 2 aliphatic rings. The Labute approximate surface area is 173 Å². The molecular weight excluding hydrogens is 398 g/mol. The third kappa shape index (κ3) is 4.73. The number of anilines is 1. The number of hydrogen-bond donors (Lipinski definition) is 2. The molecule has 10 heteroatoms. The van der Waals surface area contributed by atoms with Crippen LogP contribution in [0.4, 0.5) is 5.82 Å². The van der Waals surface area contributed by atoms with Crippen molar-refractivity contribution in [3.05, 3.63) is 28.3 Å². The number of hydrogen-bond acceptors (Lipinski definition) is 7. The highest BCUT2D eigenvalue weighted by atomic mass is 35.5. The summed E-state index contributed by atoms with van der Waals surface area (Å²) in [5.41, 5.74) is 1.33. The van der Waals surface area contributed by atoms with Crippen molar-refractivity contribution in [2.45, 2.75) is 45.3 Å². The van der Waals surface area contributed by atoms with Gasteiger partial charge in [0.15, 0.2) is 5.69 Å². The second-order valence-electron chi connectivity index (χ2n) is 7.04. The average Bonchev–Trinajstić information content (AvgIpc) is 3.08. The molecule has 1 amide bonds. The number of aliphatic imine (C=N–C) groups is 1. The highest BCUT2D eigenvalue weighted by Crippen LogP contribution is 2.26. The highest BCUT2D eigenvalue weighted by Gasteiger charge is 2.33. The molecule has 2 atom stereocenters. The van der Waals surface area contributed by atoms with Crippen molar-refractivity contribution in [1.82, 2.24) is 15.3 Å². The van der Waals surface area contributed by atoms with E-state index in [0.717, 1.165) is 12.0 Å². The van der Waals surface area contributed by atoms with Crippen molar-refractivity contribution < 1.29 is 19.4 Å². The van der Waals surface area contributed by atoms with Crippen LogP contribution < -0.4 is 10.2 Å². The predicted octanol–water partition coefficient (Wildman–Crippen LogP) is 1.90. The molecule has 1 aromatic heterocycles. The summed E-state index contributed by atoms with van der Waals surface area (Å²) in [5.74, 6) is -0.415. The number of carboxylic acid groups (broad SMARTS) is 1. The molecule has 0 spiro atoms. The monoisotopic (exact) mass is 421 g/mol. The number of allylic oxidation sites excluding steroid dienone is 1. The first-order valence-electron chi connectivity index (χ1n) is 9.45. The molecule has 156 valence electrons. The zero-order valence-corrected chi connectivity index (χ0v) is 17.4. The molecule has 3 heterocycles. The van der Waals surface area contributed by atoms with E-state index in [1.54, 1.807) is 14.0 Å². The minimum Gasteiger partial charge on any atom is -0.477 e. The van der Waals surface area contributed by atoms with E-state index in [4.69, 9.17) is 16.3 Å². The van der Waals surface area contributed by atoms with Crippen molar-refractivity contribution in [2.75, 3.05) is 25.1 Å². The van der Waals surface area contributed by atoms with Crippen LogP contribution >= 0.6 is 11.6 Å². The standard InChI is InChI=1S/C19H24ClN5O4/c1-4-11-7-13(23-17(11)20)18(26)24-12-5-6-25(9-15(12)29-3)16-8-14(19(27)28)21-10(2)22-16/h8,12,15H,4-7,9H2,1-3H3,(H,24,26)(H,27,28)/t12-,15+/m1/s1. The SMILES string of the molecule is CCC1=C(Cl)N=C(C(=O)N[C@@H]2CCN(c3cc(C(=O)O)nc(C)n3)C[C@@H]2OC)C1. The summed E-state index contributed by atoms with van der Waals surface area (Å²) in [6.45, 7) is 4.69. The van der Waals surface area contributed by atoms with Crippen LogP contribution in [0.3, 0.4) is 0 Å². The van der Waals surface area contributed by atoms with Crippen molar-refractivity contribution in [3.8, 4) is 0 Å². The van der Waals surface area contributed by atoms with Crippen molar-refractivity contribution in [2.24, 2.45) is 4.99 Å². The van der Waals surface area contributed by atoms with Gasteiger partial charge in [0.25, 0.3) is 5.91 Å². The number of methoxy groups -OCH3 is 1. The van der Waals surface area contributed by atoms with Gasteiger partial charge in [-0.2, -0.15) is 0 Å². The quantitative estimate of drug-likeness (QED) is 0.673. The molecule has 3 rings (SSSR count). The number of halogens is 1. The van der Waals surface area contributed by atoms with Gasteiger partial charge in [0.1, 0.15) is 22.5 Å². The van der Waals surface area contributed by atoms with Gasteiger partial charge in [0, 0.05) is 32.7 Å². The summed E-state index contributed by atoms with van der Waals surface area (Å²) < 4.78 is 5.60. The van der Waals surface area contributed by atoms with Crippen LogP contribution in [-0.2, 0) is 9.53 Å². The van der Waals surface area contributed by atoms with Gasteiger partial charge in [0.05, 0.1) is 12.1 Å².